The largest absolute Gasteiger partial charge is 0.490 e. The number of hydrogen-bond donors (Lipinski definition) is 1. The molecular weight excluding hydrogens is 308 g/mol. The third kappa shape index (κ3) is 3.23. The highest BCUT2D eigenvalue weighted by Crippen LogP contribution is 2.41. The highest BCUT2D eigenvalue weighted by atomic mass is 79.9. The Morgan fingerprint density at radius 1 is 1.26 bits per heavy atom. The van der Waals surface area contributed by atoms with Gasteiger partial charge in [0.15, 0.2) is 11.5 Å². The van der Waals surface area contributed by atoms with Crippen molar-refractivity contribution in [1.29, 1.82) is 0 Å². The lowest BCUT2D eigenvalue weighted by atomic mass is 10.0. The molecule has 0 bridgehead atoms. The minimum Gasteiger partial charge on any atom is -0.490 e. The molecule has 2 aliphatic rings. The Labute approximate surface area is 122 Å². The summed E-state index contributed by atoms with van der Waals surface area (Å²) in [7, 11) is 0. The number of fused-ring (bicyclic) bond motifs is 1. The maximum atomic E-state index is 10.3. The fourth-order valence-corrected chi connectivity index (χ4v) is 2.98. The van der Waals surface area contributed by atoms with Gasteiger partial charge in [0, 0.05) is 6.42 Å². The number of halogens is 1. The summed E-state index contributed by atoms with van der Waals surface area (Å²) in [6, 6.07) is 3.87. The van der Waals surface area contributed by atoms with E-state index in [1.807, 2.05) is 12.1 Å². The van der Waals surface area contributed by atoms with E-state index in [1.54, 1.807) is 0 Å². The maximum absolute atomic E-state index is 10.3. The highest BCUT2D eigenvalue weighted by Gasteiger charge is 2.23. The van der Waals surface area contributed by atoms with E-state index in [1.165, 1.54) is 12.8 Å². The van der Waals surface area contributed by atoms with Crippen LogP contribution in [0.25, 0.3) is 0 Å². The van der Waals surface area contributed by atoms with E-state index < -0.39 is 6.10 Å². The van der Waals surface area contributed by atoms with Gasteiger partial charge in [0.25, 0.3) is 0 Å². The second-order valence-corrected chi connectivity index (χ2v) is 6.27. The molecule has 1 N–H and O–H groups in total. The van der Waals surface area contributed by atoms with Crippen molar-refractivity contribution in [3.8, 4) is 11.5 Å². The number of aliphatic hydroxyl groups excluding tert-OH is 1. The fraction of sp³-hybridized carbons (Fsp3) is 0.600. The molecule has 1 aromatic carbocycles. The van der Waals surface area contributed by atoms with Gasteiger partial charge in [-0.1, -0.05) is 12.8 Å². The van der Waals surface area contributed by atoms with Gasteiger partial charge >= 0.3 is 0 Å². The molecule has 0 amide bonds. The predicted octanol–water partition coefficient (Wildman–Crippen LogP) is 3.83. The molecule has 0 saturated heterocycles. The minimum atomic E-state index is -0.408. The quantitative estimate of drug-likeness (QED) is 0.913. The van der Waals surface area contributed by atoms with Gasteiger partial charge in [0.05, 0.1) is 23.8 Å². The van der Waals surface area contributed by atoms with E-state index in [2.05, 4.69) is 15.9 Å². The fourth-order valence-electron chi connectivity index (χ4n) is 2.41. The molecule has 0 aromatic heterocycles. The van der Waals surface area contributed by atoms with Crippen LogP contribution in [0.2, 0.25) is 0 Å². The second kappa shape index (κ2) is 5.71. The van der Waals surface area contributed by atoms with Crippen molar-refractivity contribution in [2.45, 2.75) is 38.2 Å². The Bertz CT molecular complexity index is 457. The Balaban J connectivity index is 1.77. The molecule has 1 aliphatic heterocycles. The first kappa shape index (κ1) is 13.3. The topological polar surface area (TPSA) is 38.7 Å². The molecule has 1 unspecified atom stereocenters. The van der Waals surface area contributed by atoms with Gasteiger partial charge in [-0.3, -0.25) is 0 Å². The monoisotopic (exact) mass is 326 g/mol. The lowest BCUT2D eigenvalue weighted by Gasteiger charge is -2.15. The molecule has 0 radical (unpaired) electrons. The minimum absolute atomic E-state index is 0.408. The van der Waals surface area contributed by atoms with Gasteiger partial charge in [0.2, 0.25) is 0 Å². The van der Waals surface area contributed by atoms with Crippen molar-refractivity contribution in [2.24, 2.45) is 5.92 Å². The Kier molecular flexibility index (Phi) is 3.99. The normalized spacial score (nSPS) is 19.9. The number of rotatable bonds is 4. The standard InChI is InChI=1S/C15H19BrO3/c16-12-8-11(13(17)5-4-10-2-3-10)9-14-15(12)19-7-1-6-18-14/h8-10,13,17H,1-7H2. The molecular formula is C15H19BrO3. The zero-order valence-corrected chi connectivity index (χ0v) is 12.5. The summed E-state index contributed by atoms with van der Waals surface area (Å²) < 4.78 is 12.2. The summed E-state index contributed by atoms with van der Waals surface area (Å²) in [5.41, 5.74) is 0.914. The van der Waals surface area contributed by atoms with Crippen molar-refractivity contribution < 1.29 is 14.6 Å². The summed E-state index contributed by atoms with van der Waals surface area (Å²) in [5, 5.41) is 10.3. The van der Waals surface area contributed by atoms with E-state index in [-0.39, 0.29) is 0 Å². The molecule has 104 valence electrons. The van der Waals surface area contributed by atoms with Crippen LogP contribution >= 0.6 is 15.9 Å². The summed E-state index contributed by atoms with van der Waals surface area (Å²) in [6.07, 6.45) is 5.09. The van der Waals surface area contributed by atoms with E-state index in [0.717, 1.165) is 46.7 Å². The molecule has 3 rings (SSSR count). The number of benzene rings is 1. The van der Waals surface area contributed by atoms with Crippen LogP contribution in [0.4, 0.5) is 0 Å². The van der Waals surface area contributed by atoms with Gasteiger partial charge in [-0.25, -0.2) is 0 Å². The van der Waals surface area contributed by atoms with E-state index >= 15 is 0 Å². The molecule has 4 heteroatoms. The Morgan fingerprint density at radius 2 is 2.05 bits per heavy atom. The van der Waals surface area contributed by atoms with Gasteiger partial charge in [-0.2, -0.15) is 0 Å². The van der Waals surface area contributed by atoms with Gasteiger partial charge in [-0.15, -0.1) is 0 Å². The van der Waals surface area contributed by atoms with Crippen LogP contribution in [-0.4, -0.2) is 18.3 Å². The van der Waals surface area contributed by atoms with Crippen LogP contribution in [0.15, 0.2) is 16.6 Å². The summed E-state index contributed by atoms with van der Waals surface area (Å²) in [6.45, 7) is 1.34. The zero-order valence-electron chi connectivity index (χ0n) is 10.9. The summed E-state index contributed by atoms with van der Waals surface area (Å²) in [4.78, 5) is 0. The van der Waals surface area contributed by atoms with E-state index in [4.69, 9.17) is 9.47 Å². The number of ether oxygens (including phenoxy) is 2. The van der Waals surface area contributed by atoms with E-state index in [9.17, 15) is 5.11 Å². The SMILES string of the molecule is OC(CCC1CC1)c1cc(Br)c2c(c1)OCCCO2. The smallest absolute Gasteiger partial charge is 0.175 e. The summed E-state index contributed by atoms with van der Waals surface area (Å²) >= 11 is 3.51. The van der Waals surface area contributed by atoms with Crippen LogP contribution < -0.4 is 9.47 Å². The average Bonchev–Trinajstić information content (AvgIpc) is 3.22. The molecule has 19 heavy (non-hydrogen) atoms. The first-order chi connectivity index (χ1) is 9.24. The van der Waals surface area contributed by atoms with Crippen LogP contribution in [0.5, 0.6) is 11.5 Å². The first-order valence-electron chi connectivity index (χ1n) is 7.01. The molecule has 1 atom stereocenters. The second-order valence-electron chi connectivity index (χ2n) is 5.42. The van der Waals surface area contributed by atoms with E-state index in [0.29, 0.717) is 13.2 Å². The van der Waals surface area contributed by atoms with Crippen LogP contribution in [0.3, 0.4) is 0 Å². The van der Waals surface area contributed by atoms with Crippen molar-refractivity contribution in [1.82, 2.24) is 0 Å². The predicted molar refractivity (Wildman–Crippen MR) is 76.7 cm³/mol. The van der Waals surface area contributed by atoms with Gasteiger partial charge < -0.3 is 14.6 Å². The molecule has 1 aromatic rings. The lowest BCUT2D eigenvalue weighted by molar-refractivity contribution is 0.161. The van der Waals surface area contributed by atoms with Crippen LogP contribution in [0, 0.1) is 5.92 Å². The summed E-state index contributed by atoms with van der Waals surface area (Å²) in [5.74, 6) is 2.35. The zero-order chi connectivity index (χ0) is 13.2. The van der Waals surface area contributed by atoms with Crippen LogP contribution in [-0.2, 0) is 0 Å². The average molecular weight is 327 g/mol. The first-order valence-corrected chi connectivity index (χ1v) is 7.80. The third-order valence-corrected chi connectivity index (χ3v) is 4.34. The molecule has 1 saturated carbocycles. The van der Waals surface area contributed by atoms with Crippen molar-refractivity contribution in [3.63, 3.8) is 0 Å². The molecule has 1 heterocycles. The lowest BCUT2D eigenvalue weighted by Crippen LogP contribution is -2.00. The Morgan fingerprint density at radius 3 is 2.84 bits per heavy atom. The molecule has 1 fully saturated rings. The molecule has 3 nitrogen and oxygen atoms in total. The third-order valence-electron chi connectivity index (χ3n) is 3.75. The van der Waals surface area contributed by atoms with Crippen molar-refractivity contribution >= 4 is 15.9 Å². The molecule has 0 spiro atoms. The highest BCUT2D eigenvalue weighted by molar-refractivity contribution is 9.10. The molecule has 1 aliphatic carbocycles. The number of aliphatic hydroxyl groups is 1. The van der Waals surface area contributed by atoms with Crippen molar-refractivity contribution in [3.05, 3.63) is 22.2 Å². The number of hydrogen-bond acceptors (Lipinski definition) is 3. The van der Waals surface area contributed by atoms with Gasteiger partial charge in [-0.05, 0) is 52.4 Å². The van der Waals surface area contributed by atoms with Gasteiger partial charge in [0.1, 0.15) is 0 Å². The Hall–Kier alpha value is -0.740. The maximum Gasteiger partial charge on any atom is 0.175 e. The van der Waals surface area contributed by atoms with Crippen LogP contribution in [0.1, 0.15) is 43.8 Å². The van der Waals surface area contributed by atoms with Crippen molar-refractivity contribution in [2.75, 3.05) is 13.2 Å².